The van der Waals surface area contributed by atoms with E-state index in [-0.39, 0.29) is 10.5 Å². The van der Waals surface area contributed by atoms with Gasteiger partial charge in [0.25, 0.3) is 0 Å². The fourth-order valence-electron chi connectivity index (χ4n) is 4.78. The first-order chi connectivity index (χ1) is 16.8. The monoisotopic (exact) mass is 565 g/mol. The van der Waals surface area contributed by atoms with Crippen molar-refractivity contribution >= 4 is 20.0 Å². The Morgan fingerprint density at radius 1 is 1.08 bits per heavy atom. The zero-order valence-electron chi connectivity index (χ0n) is 21.3. The molecule has 0 unspecified atom stereocenters. The molecule has 2 aromatic rings. The average molecular weight is 566 g/mol. The molecule has 208 valence electrons. The normalized spacial score (nSPS) is 17.2. The molecule has 1 aromatic carbocycles. The van der Waals surface area contributed by atoms with Crippen LogP contribution in [0.15, 0.2) is 34.1 Å². The number of hydrogen-bond acceptors (Lipinski definition) is 5. The van der Waals surface area contributed by atoms with E-state index in [9.17, 15) is 35.1 Å². The third kappa shape index (κ3) is 6.75. The van der Waals surface area contributed by atoms with Crippen molar-refractivity contribution in [3.05, 3.63) is 35.5 Å². The summed E-state index contributed by atoms with van der Waals surface area (Å²) in [6, 6.07) is 2.94. The number of alkyl halides is 3. The van der Waals surface area contributed by atoms with Crippen LogP contribution < -0.4 is 9.86 Å². The number of halogens is 3. The van der Waals surface area contributed by atoms with Gasteiger partial charge in [0.2, 0.25) is 20.0 Å². The first-order valence-corrected chi connectivity index (χ1v) is 15.0. The van der Waals surface area contributed by atoms with E-state index in [1.54, 1.807) is 11.6 Å². The van der Waals surface area contributed by atoms with Crippen LogP contribution in [0.3, 0.4) is 0 Å². The van der Waals surface area contributed by atoms with Crippen molar-refractivity contribution in [1.29, 1.82) is 0 Å². The molecule has 13 heteroatoms. The van der Waals surface area contributed by atoms with Crippen molar-refractivity contribution in [2.45, 2.75) is 94.0 Å². The van der Waals surface area contributed by atoms with Gasteiger partial charge in [0, 0.05) is 23.5 Å². The minimum atomic E-state index is -4.80. The number of hydrogen-bond donors (Lipinski definition) is 3. The topological polar surface area (TPSA) is 131 Å². The van der Waals surface area contributed by atoms with Crippen LogP contribution in [0.5, 0.6) is 0 Å². The second-order valence-corrected chi connectivity index (χ2v) is 13.5. The standard InChI is InChI=1S/C24H34F3N3O5S2/c1-15-22(36(28,32)33)13-20(30(15)14-17-8-6-5-7-9-17)18-10-11-21(19(12-18)23(3,4)31)37(34,35)29-16(2)24(25,26)27/h10-13,16-17,29,31H,5-9,14H2,1-4H3,(H2,28,32,33)/t16-/m1/s1. The first-order valence-electron chi connectivity index (χ1n) is 12.0. The summed E-state index contributed by atoms with van der Waals surface area (Å²) in [6.45, 7) is 5.50. The SMILES string of the molecule is Cc1c(S(N)(=O)=O)cc(-c2ccc(S(=O)(=O)N[C@H](C)C(F)(F)F)c(C(C)(C)O)c2)n1CC1CCCCC1. The van der Waals surface area contributed by atoms with Crippen LogP contribution in [0.2, 0.25) is 0 Å². The summed E-state index contributed by atoms with van der Waals surface area (Å²) in [5.74, 6) is 0.313. The molecule has 1 aromatic heterocycles. The summed E-state index contributed by atoms with van der Waals surface area (Å²) in [6.07, 6.45) is 0.446. The maximum absolute atomic E-state index is 13.1. The average Bonchev–Trinajstić information content (AvgIpc) is 3.09. The number of rotatable bonds is 8. The van der Waals surface area contributed by atoms with Crippen molar-refractivity contribution in [3.63, 3.8) is 0 Å². The van der Waals surface area contributed by atoms with Gasteiger partial charge >= 0.3 is 6.18 Å². The summed E-state index contributed by atoms with van der Waals surface area (Å²) in [5, 5.41) is 16.2. The van der Waals surface area contributed by atoms with Gasteiger partial charge in [-0.2, -0.15) is 17.9 Å². The molecule has 37 heavy (non-hydrogen) atoms. The largest absolute Gasteiger partial charge is 0.404 e. The molecule has 0 bridgehead atoms. The van der Waals surface area contributed by atoms with Crippen molar-refractivity contribution < 1.29 is 35.1 Å². The Hall–Kier alpha value is -1.93. The van der Waals surface area contributed by atoms with Crippen LogP contribution in [-0.2, 0) is 32.2 Å². The third-order valence-corrected chi connectivity index (χ3v) is 9.46. The second kappa shape index (κ2) is 10.3. The number of nitrogens with two attached hydrogens (primary N) is 1. The highest BCUT2D eigenvalue weighted by Crippen LogP contribution is 2.36. The molecule has 0 radical (unpaired) electrons. The minimum Gasteiger partial charge on any atom is -0.386 e. The summed E-state index contributed by atoms with van der Waals surface area (Å²) >= 11 is 0. The van der Waals surface area contributed by atoms with E-state index in [4.69, 9.17) is 5.14 Å². The number of aromatic nitrogens is 1. The van der Waals surface area contributed by atoms with Gasteiger partial charge in [-0.1, -0.05) is 25.3 Å². The Balaban J connectivity index is 2.17. The number of benzene rings is 1. The lowest BCUT2D eigenvalue weighted by molar-refractivity contribution is -0.147. The first kappa shape index (κ1) is 29.6. The molecule has 1 atom stereocenters. The molecule has 1 saturated carbocycles. The Morgan fingerprint density at radius 3 is 2.19 bits per heavy atom. The molecular weight excluding hydrogens is 531 g/mol. The van der Waals surface area contributed by atoms with E-state index >= 15 is 0 Å². The van der Waals surface area contributed by atoms with Gasteiger partial charge in [-0.3, -0.25) is 0 Å². The van der Waals surface area contributed by atoms with E-state index in [1.165, 1.54) is 32.0 Å². The highest BCUT2D eigenvalue weighted by Gasteiger charge is 2.40. The maximum atomic E-state index is 13.1. The van der Waals surface area contributed by atoms with Crippen LogP contribution in [-0.4, -0.2) is 38.7 Å². The molecule has 0 saturated heterocycles. The highest BCUT2D eigenvalue weighted by atomic mass is 32.2. The van der Waals surface area contributed by atoms with Gasteiger partial charge in [-0.25, -0.2) is 22.0 Å². The van der Waals surface area contributed by atoms with Gasteiger partial charge in [-0.05, 0) is 70.2 Å². The van der Waals surface area contributed by atoms with Crippen molar-refractivity contribution in [3.8, 4) is 11.3 Å². The predicted molar refractivity (Wildman–Crippen MR) is 134 cm³/mol. The molecule has 0 aliphatic heterocycles. The fourth-order valence-corrected chi connectivity index (χ4v) is 7.14. The zero-order chi connectivity index (χ0) is 28.0. The number of primary sulfonamides is 1. The summed E-state index contributed by atoms with van der Waals surface area (Å²) in [4.78, 5) is -0.575. The molecule has 1 heterocycles. The van der Waals surface area contributed by atoms with E-state index in [2.05, 4.69) is 0 Å². The minimum absolute atomic E-state index is 0.0690. The lowest BCUT2D eigenvalue weighted by Crippen LogP contribution is -2.43. The molecule has 8 nitrogen and oxygen atoms in total. The molecular formula is C24H34F3N3O5S2. The van der Waals surface area contributed by atoms with Crippen molar-refractivity contribution in [1.82, 2.24) is 9.29 Å². The Labute approximate surface area is 216 Å². The Kier molecular flexibility index (Phi) is 8.27. The Morgan fingerprint density at radius 2 is 1.68 bits per heavy atom. The van der Waals surface area contributed by atoms with Crippen LogP contribution >= 0.6 is 0 Å². The maximum Gasteiger partial charge on any atom is 0.404 e. The van der Waals surface area contributed by atoms with E-state index in [0.29, 0.717) is 36.3 Å². The molecule has 4 N–H and O–H groups in total. The lowest BCUT2D eigenvalue weighted by atomic mass is 9.89. The summed E-state index contributed by atoms with van der Waals surface area (Å²) < 4.78 is 93.0. The molecule has 3 rings (SSSR count). The molecule has 1 aliphatic carbocycles. The van der Waals surface area contributed by atoms with Gasteiger partial charge in [0.05, 0.1) is 10.5 Å². The van der Waals surface area contributed by atoms with Gasteiger partial charge < -0.3 is 9.67 Å². The molecule has 0 amide bonds. The summed E-state index contributed by atoms with van der Waals surface area (Å²) in [5.41, 5.74) is -0.593. The third-order valence-electron chi connectivity index (χ3n) is 6.84. The summed E-state index contributed by atoms with van der Waals surface area (Å²) in [7, 11) is -8.73. The highest BCUT2D eigenvalue weighted by molar-refractivity contribution is 7.89. The van der Waals surface area contributed by atoms with Crippen LogP contribution in [0, 0.1) is 12.8 Å². The quantitative estimate of drug-likeness (QED) is 0.443. The van der Waals surface area contributed by atoms with Crippen molar-refractivity contribution in [2.75, 3.05) is 0 Å². The Bertz CT molecular complexity index is 1360. The van der Waals surface area contributed by atoms with Gasteiger partial charge in [-0.15, -0.1) is 0 Å². The van der Waals surface area contributed by atoms with E-state index in [1.807, 2.05) is 4.57 Å². The van der Waals surface area contributed by atoms with Crippen LogP contribution in [0.4, 0.5) is 13.2 Å². The van der Waals surface area contributed by atoms with Gasteiger partial charge in [0.15, 0.2) is 0 Å². The molecule has 1 aliphatic rings. The van der Waals surface area contributed by atoms with E-state index in [0.717, 1.165) is 38.2 Å². The lowest BCUT2D eigenvalue weighted by Gasteiger charge is -2.26. The molecule has 1 fully saturated rings. The van der Waals surface area contributed by atoms with Crippen molar-refractivity contribution in [2.24, 2.45) is 11.1 Å². The number of nitrogens with zero attached hydrogens (tertiary/aromatic N) is 1. The van der Waals surface area contributed by atoms with Crippen LogP contribution in [0.25, 0.3) is 11.3 Å². The number of aliphatic hydroxyl groups is 1. The van der Waals surface area contributed by atoms with E-state index < -0.39 is 42.8 Å². The number of sulfonamides is 2. The van der Waals surface area contributed by atoms with Crippen LogP contribution in [0.1, 0.15) is 64.1 Å². The second-order valence-electron chi connectivity index (χ2n) is 10.3. The zero-order valence-corrected chi connectivity index (χ0v) is 22.9. The number of nitrogens with one attached hydrogen (secondary N) is 1. The fraction of sp³-hybridized carbons (Fsp3) is 0.583. The smallest absolute Gasteiger partial charge is 0.386 e. The molecule has 0 spiro atoms. The predicted octanol–water partition coefficient (Wildman–Crippen LogP) is 4.15. The van der Waals surface area contributed by atoms with Gasteiger partial charge in [0.1, 0.15) is 10.9 Å².